The molecule has 0 bridgehead atoms. The molecule has 0 spiro atoms. The molecule has 2 aromatic rings. The minimum Gasteiger partial charge on any atom is -0.481 e. The van der Waals surface area contributed by atoms with Crippen molar-refractivity contribution in [2.75, 3.05) is 5.75 Å². The molecule has 1 aromatic heterocycles. The molecule has 1 saturated carbocycles. The molecule has 0 amide bonds. The second-order valence-electron chi connectivity index (χ2n) is 5.07. The van der Waals surface area contributed by atoms with E-state index >= 15 is 0 Å². The van der Waals surface area contributed by atoms with E-state index in [0.717, 1.165) is 29.8 Å². The number of aliphatic carboxylic acids is 1. The van der Waals surface area contributed by atoms with E-state index in [1.807, 2.05) is 29.7 Å². The Morgan fingerprint density at radius 2 is 2.24 bits per heavy atom. The Morgan fingerprint density at radius 1 is 1.48 bits per heavy atom. The largest absolute Gasteiger partial charge is 0.481 e. The number of hydrogen-bond donors (Lipinski definition) is 1. The van der Waals surface area contributed by atoms with Crippen molar-refractivity contribution in [2.24, 2.45) is 0 Å². The Kier molecular flexibility index (Phi) is 3.91. The van der Waals surface area contributed by atoms with Crippen molar-refractivity contribution < 1.29 is 9.90 Å². The van der Waals surface area contributed by atoms with Crippen LogP contribution in [-0.2, 0) is 4.79 Å². The van der Waals surface area contributed by atoms with Crippen molar-refractivity contribution in [3.05, 3.63) is 28.8 Å². The molecule has 1 fully saturated rings. The van der Waals surface area contributed by atoms with Crippen molar-refractivity contribution in [3.8, 4) is 11.4 Å². The number of carboxylic acid groups (broad SMARTS) is 1. The number of carbonyl (C=O) groups is 1. The first kappa shape index (κ1) is 14.4. The SMILES string of the molecule is Cc1ccc(-c2nnc(SCC(=O)O)n2C2CC2)c(Cl)c1. The molecule has 0 aliphatic heterocycles. The Hall–Kier alpha value is -1.53. The molecule has 21 heavy (non-hydrogen) atoms. The molecular weight excluding hydrogens is 310 g/mol. The average Bonchev–Trinajstić information content (AvgIpc) is 3.17. The molecule has 1 aliphatic rings. The van der Waals surface area contributed by atoms with Gasteiger partial charge in [-0.25, -0.2) is 0 Å². The summed E-state index contributed by atoms with van der Waals surface area (Å²) in [5.41, 5.74) is 1.92. The van der Waals surface area contributed by atoms with E-state index in [9.17, 15) is 4.79 Å². The van der Waals surface area contributed by atoms with Gasteiger partial charge in [0, 0.05) is 11.6 Å². The van der Waals surface area contributed by atoms with Crippen LogP contribution in [0.25, 0.3) is 11.4 Å². The third kappa shape index (κ3) is 3.06. The molecule has 1 aliphatic carbocycles. The molecule has 0 atom stereocenters. The van der Waals surface area contributed by atoms with Crippen LogP contribution in [0.5, 0.6) is 0 Å². The zero-order valence-electron chi connectivity index (χ0n) is 11.4. The standard InChI is InChI=1S/C14H14ClN3O2S/c1-8-2-5-10(11(15)6-8)13-16-17-14(21-7-12(19)20)18(13)9-3-4-9/h2,5-6,9H,3-4,7H2,1H3,(H,19,20). The van der Waals surface area contributed by atoms with Gasteiger partial charge in [0.15, 0.2) is 11.0 Å². The van der Waals surface area contributed by atoms with Gasteiger partial charge in [0.1, 0.15) is 0 Å². The van der Waals surface area contributed by atoms with Crippen molar-refractivity contribution in [1.29, 1.82) is 0 Å². The fourth-order valence-electron chi connectivity index (χ4n) is 2.15. The number of nitrogens with zero attached hydrogens (tertiary/aromatic N) is 3. The first-order valence-corrected chi connectivity index (χ1v) is 7.98. The summed E-state index contributed by atoms with van der Waals surface area (Å²) in [5, 5.41) is 18.5. The first-order chi connectivity index (χ1) is 10.1. The average molecular weight is 324 g/mol. The number of rotatable bonds is 5. The lowest BCUT2D eigenvalue weighted by Crippen LogP contribution is -2.03. The fourth-order valence-corrected chi connectivity index (χ4v) is 3.19. The van der Waals surface area contributed by atoms with Crippen molar-refractivity contribution in [3.63, 3.8) is 0 Å². The first-order valence-electron chi connectivity index (χ1n) is 6.62. The monoisotopic (exact) mass is 323 g/mol. The van der Waals surface area contributed by atoms with E-state index in [2.05, 4.69) is 10.2 Å². The Labute approximate surface area is 131 Å². The number of benzene rings is 1. The van der Waals surface area contributed by atoms with Crippen LogP contribution in [-0.4, -0.2) is 31.6 Å². The Bertz CT molecular complexity index is 698. The van der Waals surface area contributed by atoms with E-state index in [1.54, 1.807) is 0 Å². The van der Waals surface area contributed by atoms with Crippen molar-refractivity contribution in [2.45, 2.75) is 31.0 Å². The van der Waals surface area contributed by atoms with Crippen LogP contribution in [0.1, 0.15) is 24.4 Å². The molecule has 1 aromatic carbocycles. The van der Waals surface area contributed by atoms with Gasteiger partial charge in [-0.15, -0.1) is 10.2 Å². The van der Waals surface area contributed by atoms with Gasteiger partial charge in [-0.2, -0.15) is 0 Å². The van der Waals surface area contributed by atoms with Crippen LogP contribution in [0.4, 0.5) is 0 Å². The van der Waals surface area contributed by atoms with Gasteiger partial charge >= 0.3 is 5.97 Å². The van der Waals surface area contributed by atoms with Gasteiger partial charge in [-0.3, -0.25) is 9.36 Å². The highest BCUT2D eigenvalue weighted by atomic mass is 35.5. The maximum atomic E-state index is 10.7. The van der Waals surface area contributed by atoms with E-state index in [4.69, 9.17) is 16.7 Å². The van der Waals surface area contributed by atoms with Crippen LogP contribution in [0.2, 0.25) is 5.02 Å². The number of aromatic nitrogens is 3. The minimum atomic E-state index is -0.861. The van der Waals surface area contributed by atoms with Crippen LogP contribution < -0.4 is 0 Å². The number of thioether (sulfide) groups is 1. The summed E-state index contributed by atoms with van der Waals surface area (Å²) in [4.78, 5) is 10.7. The molecule has 7 heteroatoms. The summed E-state index contributed by atoms with van der Waals surface area (Å²) in [5.74, 6) is -0.164. The smallest absolute Gasteiger partial charge is 0.313 e. The zero-order chi connectivity index (χ0) is 15.0. The van der Waals surface area contributed by atoms with Crippen LogP contribution in [0.15, 0.2) is 23.4 Å². The molecule has 0 radical (unpaired) electrons. The molecule has 0 saturated heterocycles. The zero-order valence-corrected chi connectivity index (χ0v) is 13.0. The summed E-state index contributed by atoms with van der Waals surface area (Å²) in [6.07, 6.45) is 2.13. The quantitative estimate of drug-likeness (QED) is 0.854. The molecule has 5 nitrogen and oxygen atoms in total. The molecule has 110 valence electrons. The molecule has 3 rings (SSSR count). The van der Waals surface area contributed by atoms with Crippen LogP contribution in [0.3, 0.4) is 0 Å². The highest BCUT2D eigenvalue weighted by Crippen LogP contribution is 2.42. The summed E-state index contributed by atoms with van der Waals surface area (Å²) >= 11 is 7.51. The summed E-state index contributed by atoms with van der Waals surface area (Å²) < 4.78 is 2.02. The van der Waals surface area contributed by atoms with Crippen LogP contribution >= 0.6 is 23.4 Å². The maximum Gasteiger partial charge on any atom is 0.313 e. The third-order valence-corrected chi connectivity index (χ3v) is 4.51. The molecular formula is C14H14ClN3O2S. The van der Waals surface area contributed by atoms with Crippen molar-refractivity contribution in [1.82, 2.24) is 14.8 Å². The van der Waals surface area contributed by atoms with Crippen LogP contribution in [0, 0.1) is 6.92 Å². The minimum absolute atomic E-state index is 0.0213. The number of halogens is 1. The van der Waals surface area contributed by atoms with E-state index in [1.165, 1.54) is 11.8 Å². The van der Waals surface area contributed by atoms with Gasteiger partial charge in [0.2, 0.25) is 0 Å². The number of carboxylic acids is 1. The third-order valence-electron chi connectivity index (χ3n) is 3.27. The second-order valence-corrected chi connectivity index (χ2v) is 6.42. The number of hydrogen-bond acceptors (Lipinski definition) is 4. The lowest BCUT2D eigenvalue weighted by molar-refractivity contribution is -0.133. The van der Waals surface area contributed by atoms with E-state index in [0.29, 0.717) is 16.2 Å². The second kappa shape index (κ2) is 5.69. The molecule has 1 heterocycles. The van der Waals surface area contributed by atoms with Gasteiger partial charge in [-0.05, 0) is 37.5 Å². The van der Waals surface area contributed by atoms with E-state index in [-0.39, 0.29) is 5.75 Å². The topological polar surface area (TPSA) is 68.0 Å². The summed E-state index contributed by atoms with van der Waals surface area (Å²) in [6.45, 7) is 1.98. The number of aryl methyl sites for hydroxylation is 1. The van der Waals surface area contributed by atoms with E-state index < -0.39 is 5.97 Å². The Morgan fingerprint density at radius 3 is 2.86 bits per heavy atom. The highest BCUT2D eigenvalue weighted by molar-refractivity contribution is 7.99. The predicted octanol–water partition coefficient (Wildman–Crippen LogP) is 3.42. The van der Waals surface area contributed by atoms with Gasteiger partial charge in [0.25, 0.3) is 0 Å². The normalized spacial score (nSPS) is 14.4. The molecule has 0 unspecified atom stereocenters. The van der Waals surface area contributed by atoms with Crippen molar-refractivity contribution >= 4 is 29.3 Å². The fraction of sp³-hybridized carbons (Fsp3) is 0.357. The lowest BCUT2D eigenvalue weighted by atomic mass is 10.1. The maximum absolute atomic E-state index is 10.7. The summed E-state index contributed by atoms with van der Waals surface area (Å²) in [6, 6.07) is 6.17. The molecule has 1 N–H and O–H groups in total. The van der Waals surface area contributed by atoms with Gasteiger partial charge < -0.3 is 5.11 Å². The van der Waals surface area contributed by atoms with Gasteiger partial charge in [-0.1, -0.05) is 29.4 Å². The predicted molar refractivity (Wildman–Crippen MR) is 81.8 cm³/mol. The lowest BCUT2D eigenvalue weighted by Gasteiger charge is -2.09. The summed E-state index contributed by atoms with van der Waals surface area (Å²) in [7, 11) is 0. The van der Waals surface area contributed by atoms with Gasteiger partial charge in [0.05, 0.1) is 10.8 Å². The Balaban J connectivity index is 2.00. The highest BCUT2D eigenvalue weighted by Gasteiger charge is 2.30.